The standard InChI is InChI=1S/C20H17N3O4/c1-27-20(26)13-6-8-16(9-7-13)22-19(25)15-10-18(24)23(12-15)17-5-3-2-4-14(17)11-21/h2-9,15H,10,12H2,1H3,(H,22,25). The second-order valence-corrected chi connectivity index (χ2v) is 6.09. The second-order valence-electron chi connectivity index (χ2n) is 6.09. The molecule has 2 aromatic rings. The van der Waals surface area contributed by atoms with Gasteiger partial charge in [-0.05, 0) is 36.4 Å². The third-order valence-corrected chi connectivity index (χ3v) is 4.38. The Morgan fingerprint density at radius 1 is 1.19 bits per heavy atom. The van der Waals surface area contributed by atoms with Crippen LogP contribution in [-0.2, 0) is 14.3 Å². The van der Waals surface area contributed by atoms with Crippen LogP contribution in [0.15, 0.2) is 48.5 Å². The Kier molecular flexibility index (Phi) is 5.18. The molecule has 0 radical (unpaired) electrons. The molecular weight excluding hydrogens is 346 g/mol. The fourth-order valence-electron chi connectivity index (χ4n) is 2.97. The van der Waals surface area contributed by atoms with Gasteiger partial charge < -0.3 is 15.0 Å². The normalized spacial score (nSPS) is 15.9. The Labute approximate surface area is 156 Å². The van der Waals surface area contributed by atoms with Crippen molar-refractivity contribution >= 4 is 29.2 Å². The average Bonchev–Trinajstić information content (AvgIpc) is 3.09. The van der Waals surface area contributed by atoms with E-state index in [9.17, 15) is 19.6 Å². The highest BCUT2D eigenvalue weighted by Gasteiger charge is 2.36. The van der Waals surface area contributed by atoms with Crippen molar-refractivity contribution in [1.82, 2.24) is 0 Å². The predicted molar refractivity (Wildman–Crippen MR) is 98.0 cm³/mol. The number of anilines is 2. The van der Waals surface area contributed by atoms with Gasteiger partial charge in [0.1, 0.15) is 6.07 Å². The van der Waals surface area contributed by atoms with Crippen LogP contribution in [0.1, 0.15) is 22.3 Å². The van der Waals surface area contributed by atoms with E-state index in [1.807, 2.05) is 0 Å². The molecular formula is C20H17N3O4. The molecule has 1 aliphatic rings. The summed E-state index contributed by atoms with van der Waals surface area (Å²) in [5.41, 5.74) is 1.81. The van der Waals surface area contributed by atoms with Crippen LogP contribution < -0.4 is 10.2 Å². The van der Waals surface area contributed by atoms with Gasteiger partial charge in [-0.15, -0.1) is 0 Å². The highest BCUT2D eigenvalue weighted by Crippen LogP contribution is 2.28. The second kappa shape index (κ2) is 7.70. The first-order valence-electron chi connectivity index (χ1n) is 8.32. The largest absolute Gasteiger partial charge is 0.465 e. The van der Waals surface area contributed by atoms with Crippen LogP contribution in [0.5, 0.6) is 0 Å². The quantitative estimate of drug-likeness (QED) is 0.841. The fourth-order valence-corrected chi connectivity index (χ4v) is 2.97. The summed E-state index contributed by atoms with van der Waals surface area (Å²) >= 11 is 0. The highest BCUT2D eigenvalue weighted by molar-refractivity contribution is 6.04. The number of ether oxygens (including phenoxy) is 1. The van der Waals surface area contributed by atoms with E-state index in [-0.39, 0.29) is 24.8 Å². The molecule has 7 nitrogen and oxygen atoms in total. The summed E-state index contributed by atoms with van der Waals surface area (Å²) in [5, 5.41) is 12.0. The van der Waals surface area contributed by atoms with E-state index in [0.717, 1.165) is 0 Å². The number of nitriles is 1. The molecule has 1 aliphatic heterocycles. The van der Waals surface area contributed by atoms with Gasteiger partial charge in [0.25, 0.3) is 0 Å². The molecule has 1 saturated heterocycles. The Bertz CT molecular complexity index is 931. The molecule has 0 aromatic heterocycles. The zero-order valence-corrected chi connectivity index (χ0v) is 14.6. The Balaban J connectivity index is 1.69. The molecule has 0 saturated carbocycles. The summed E-state index contributed by atoms with van der Waals surface area (Å²) in [7, 11) is 1.30. The minimum Gasteiger partial charge on any atom is -0.465 e. The van der Waals surface area contributed by atoms with Crippen molar-refractivity contribution in [3.63, 3.8) is 0 Å². The molecule has 1 unspecified atom stereocenters. The number of hydrogen-bond donors (Lipinski definition) is 1. The lowest BCUT2D eigenvalue weighted by Gasteiger charge is -2.18. The number of hydrogen-bond acceptors (Lipinski definition) is 5. The lowest BCUT2D eigenvalue weighted by Crippen LogP contribution is -2.28. The molecule has 0 bridgehead atoms. The summed E-state index contributed by atoms with van der Waals surface area (Å²) in [6.07, 6.45) is 0.0752. The minimum absolute atomic E-state index is 0.0752. The maximum absolute atomic E-state index is 12.5. The third kappa shape index (κ3) is 3.80. The molecule has 136 valence electrons. The van der Waals surface area contributed by atoms with Gasteiger partial charge in [0.05, 0.1) is 29.8 Å². The van der Waals surface area contributed by atoms with Crippen molar-refractivity contribution in [1.29, 1.82) is 5.26 Å². The van der Waals surface area contributed by atoms with Gasteiger partial charge in [-0.2, -0.15) is 5.26 Å². The summed E-state index contributed by atoms with van der Waals surface area (Å²) < 4.78 is 4.63. The molecule has 3 rings (SSSR count). The van der Waals surface area contributed by atoms with Gasteiger partial charge >= 0.3 is 5.97 Å². The number of nitrogens with one attached hydrogen (secondary N) is 1. The van der Waals surface area contributed by atoms with Gasteiger partial charge in [0.15, 0.2) is 0 Å². The Hall–Kier alpha value is -3.66. The Morgan fingerprint density at radius 3 is 2.56 bits per heavy atom. The summed E-state index contributed by atoms with van der Waals surface area (Å²) in [4.78, 5) is 37.8. The topological polar surface area (TPSA) is 99.5 Å². The van der Waals surface area contributed by atoms with Crippen molar-refractivity contribution < 1.29 is 19.1 Å². The van der Waals surface area contributed by atoms with Gasteiger partial charge in [0, 0.05) is 18.7 Å². The fraction of sp³-hybridized carbons (Fsp3) is 0.200. The first kappa shape index (κ1) is 18.1. The van der Waals surface area contributed by atoms with E-state index >= 15 is 0 Å². The van der Waals surface area contributed by atoms with Crippen LogP contribution in [-0.4, -0.2) is 31.4 Å². The van der Waals surface area contributed by atoms with Crippen LogP contribution in [0.25, 0.3) is 0 Å². The predicted octanol–water partition coefficient (Wildman–Crippen LogP) is 2.34. The number of rotatable bonds is 4. The molecule has 1 fully saturated rings. The van der Waals surface area contributed by atoms with E-state index in [4.69, 9.17) is 0 Å². The minimum atomic E-state index is -0.524. The van der Waals surface area contributed by atoms with Crippen molar-refractivity contribution in [3.05, 3.63) is 59.7 Å². The molecule has 1 N–H and O–H groups in total. The third-order valence-electron chi connectivity index (χ3n) is 4.38. The monoisotopic (exact) mass is 363 g/mol. The van der Waals surface area contributed by atoms with Crippen LogP contribution in [0.2, 0.25) is 0 Å². The van der Waals surface area contributed by atoms with Crippen LogP contribution in [0.3, 0.4) is 0 Å². The molecule has 2 amide bonds. The summed E-state index contributed by atoms with van der Waals surface area (Å²) in [6.45, 7) is 0.212. The van der Waals surface area contributed by atoms with E-state index in [1.54, 1.807) is 48.5 Å². The lowest BCUT2D eigenvalue weighted by atomic mass is 10.1. The van der Waals surface area contributed by atoms with Crippen molar-refractivity contribution in [3.8, 4) is 6.07 Å². The average molecular weight is 363 g/mol. The zero-order chi connectivity index (χ0) is 19.4. The number of nitrogens with zero attached hydrogens (tertiary/aromatic N) is 2. The summed E-state index contributed by atoms with van der Waals surface area (Å²) in [6, 6.07) is 15.2. The van der Waals surface area contributed by atoms with Gasteiger partial charge in [0.2, 0.25) is 11.8 Å². The maximum Gasteiger partial charge on any atom is 0.337 e. The molecule has 1 atom stereocenters. The molecule has 27 heavy (non-hydrogen) atoms. The molecule has 1 heterocycles. The number of carbonyl (C=O) groups is 3. The Morgan fingerprint density at radius 2 is 1.89 bits per heavy atom. The smallest absolute Gasteiger partial charge is 0.337 e. The molecule has 0 spiro atoms. The number of para-hydroxylation sites is 1. The lowest BCUT2D eigenvalue weighted by molar-refractivity contribution is -0.122. The summed E-state index contributed by atoms with van der Waals surface area (Å²) in [5.74, 6) is -1.46. The van der Waals surface area contributed by atoms with Crippen molar-refractivity contribution in [2.75, 3.05) is 23.9 Å². The van der Waals surface area contributed by atoms with E-state index in [2.05, 4.69) is 16.1 Å². The molecule has 0 aliphatic carbocycles. The maximum atomic E-state index is 12.5. The first-order chi connectivity index (χ1) is 13.0. The van der Waals surface area contributed by atoms with Gasteiger partial charge in [-0.1, -0.05) is 12.1 Å². The van der Waals surface area contributed by atoms with Crippen LogP contribution in [0.4, 0.5) is 11.4 Å². The highest BCUT2D eigenvalue weighted by atomic mass is 16.5. The van der Waals surface area contributed by atoms with E-state index in [0.29, 0.717) is 22.5 Å². The SMILES string of the molecule is COC(=O)c1ccc(NC(=O)C2CC(=O)N(c3ccccc3C#N)C2)cc1. The first-order valence-corrected chi connectivity index (χ1v) is 8.32. The molecule has 2 aromatic carbocycles. The van der Waals surface area contributed by atoms with Gasteiger partial charge in [-0.25, -0.2) is 4.79 Å². The number of benzene rings is 2. The zero-order valence-electron chi connectivity index (χ0n) is 14.6. The number of methoxy groups -OCH3 is 1. The van der Waals surface area contributed by atoms with E-state index < -0.39 is 11.9 Å². The number of carbonyl (C=O) groups excluding carboxylic acids is 3. The molecule has 7 heteroatoms. The van der Waals surface area contributed by atoms with Crippen molar-refractivity contribution in [2.45, 2.75) is 6.42 Å². The van der Waals surface area contributed by atoms with Gasteiger partial charge in [-0.3, -0.25) is 9.59 Å². The van der Waals surface area contributed by atoms with Crippen LogP contribution >= 0.6 is 0 Å². The number of esters is 1. The van der Waals surface area contributed by atoms with Crippen LogP contribution in [0, 0.1) is 17.2 Å². The number of amides is 2. The van der Waals surface area contributed by atoms with Crippen molar-refractivity contribution in [2.24, 2.45) is 5.92 Å². The van der Waals surface area contributed by atoms with E-state index in [1.165, 1.54) is 12.0 Å².